The van der Waals surface area contributed by atoms with Gasteiger partial charge in [-0.05, 0) is 49.4 Å². The van der Waals surface area contributed by atoms with E-state index < -0.39 is 5.97 Å². The first kappa shape index (κ1) is 19.7. The number of hydrogen-bond acceptors (Lipinski definition) is 4. The van der Waals surface area contributed by atoms with Gasteiger partial charge in [-0.2, -0.15) is 0 Å². The summed E-state index contributed by atoms with van der Waals surface area (Å²) in [7, 11) is 1.26. The van der Waals surface area contributed by atoms with Crippen molar-refractivity contribution in [1.29, 1.82) is 0 Å². The molecule has 26 heavy (non-hydrogen) atoms. The van der Waals surface area contributed by atoms with Crippen LogP contribution in [0.1, 0.15) is 38.1 Å². The van der Waals surface area contributed by atoms with Crippen molar-refractivity contribution >= 4 is 23.5 Å². The highest BCUT2D eigenvalue weighted by Crippen LogP contribution is 2.59. The van der Waals surface area contributed by atoms with Gasteiger partial charge in [0.1, 0.15) is 6.54 Å². The van der Waals surface area contributed by atoms with E-state index in [1.807, 2.05) is 13.8 Å². The van der Waals surface area contributed by atoms with Crippen LogP contribution in [-0.2, 0) is 14.3 Å². The summed E-state index contributed by atoms with van der Waals surface area (Å²) in [5.74, 6) is -0.711. The summed E-state index contributed by atoms with van der Waals surface area (Å²) in [6.45, 7) is 8.07. The summed E-state index contributed by atoms with van der Waals surface area (Å²) in [5, 5.41) is 5.38. The van der Waals surface area contributed by atoms with E-state index in [2.05, 4.69) is 35.3 Å². The monoisotopic (exact) mass is 358 g/mol. The SMILES string of the molecule is COC(=O)CNC(=O)c1ccc(NC(=O)[C@@H]2[C@@H](C=C(C)C)C2(C)C)cc1. The first-order valence-corrected chi connectivity index (χ1v) is 8.57. The molecule has 1 aliphatic rings. The molecule has 140 valence electrons. The lowest BCUT2D eigenvalue weighted by Gasteiger charge is -2.08. The molecule has 2 rings (SSSR count). The lowest BCUT2D eigenvalue weighted by molar-refractivity contribution is -0.139. The predicted molar refractivity (Wildman–Crippen MR) is 99.6 cm³/mol. The molecule has 6 heteroatoms. The molecule has 1 saturated carbocycles. The van der Waals surface area contributed by atoms with Crippen LogP contribution in [0.15, 0.2) is 35.9 Å². The van der Waals surface area contributed by atoms with Gasteiger partial charge < -0.3 is 15.4 Å². The Balaban J connectivity index is 1.95. The fraction of sp³-hybridized carbons (Fsp3) is 0.450. The average Bonchev–Trinajstić information content (AvgIpc) is 3.12. The average molecular weight is 358 g/mol. The summed E-state index contributed by atoms with van der Waals surface area (Å²) < 4.78 is 4.47. The van der Waals surface area contributed by atoms with Crippen LogP contribution in [0.2, 0.25) is 0 Å². The van der Waals surface area contributed by atoms with Crippen LogP contribution in [-0.4, -0.2) is 31.4 Å². The molecule has 0 bridgehead atoms. The van der Waals surface area contributed by atoms with Crippen molar-refractivity contribution in [3.8, 4) is 0 Å². The van der Waals surface area contributed by atoms with E-state index in [1.165, 1.54) is 12.7 Å². The first-order valence-electron chi connectivity index (χ1n) is 8.57. The third-order valence-electron chi connectivity index (χ3n) is 4.74. The number of allylic oxidation sites excluding steroid dienone is 2. The molecule has 0 aromatic heterocycles. The number of methoxy groups -OCH3 is 1. The van der Waals surface area contributed by atoms with Gasteiger partial charge in [-0.1, -0.05) is 25.5 Å². The summed E-state index contributed by atoms with van der Waals surface area (Å²) in [6, 6.07) is 6.56. The van der Waals surface area contributed by atoms with Crippen molar-refractivity contribution in [3.05, 3.63) is 41.5 Å². The molecular weight excluding hydrogens is 332 g/mol. The van der Waals surface area contributed by atoms with Gasteiger partial charge in [-0.25, -0.2) is 0 Å². The van der Waals surface area contributed by atoms with Crippen LogP contribution in [0.3, 0.4) is 0 Å². The van der Waals surface area contributed by atoms with E-state index in [-0.39, 0.29) is 35.6 Å². The minimum Gasteiger partial charge on any atom is -0.468 e. The van der Waals surface area contributed by atoms with Crippen molar-refractivity contribution < 1.29 is 19.1 Å². The second kappa shape index (κ2) is 7.72. The Hall–Kier alpha value is -2.63. The number of benzene rings is 1. The van der Waals surface area contributed by atoms with E-state index in [0.717, 1.165) is 0 Å². The zero-order chi connectivity index (χ0) is 19.5. The molecule has 1 aromatic carbocycles. The molecule has 1 fully saturated rings. The smallest absolute Gasteiger partial charge is 0.325 e. The van der Waals surface area contributed by atoms with Gasteiger partial charge in [0.05, 0.1) is 13.0 Å². The molecule has 2 atom stereocenters. The minimum atomic E-state index is -0.514. The summed E-state index contributed by atoms with van der Waals surface area (Å²) in [6.07, 6.45) is 2.15. The highest BCUT2D eigenvalue weighted by Gasteiger charge is 2.60. The molecule has 6 nitrogen and oxygen atoms in total. The Labute approximate surface area is 154 Å². The zero-order valence-corrected chi connectivity index (χ0v) is 15.9. The topological polar surface area (TPSA) is 84.5 Å². The molecule has 0 heterocycles. The number of amides is 2. The van der Waals surface area contributed by atoms with E-state index in [0.29, 0.717) is 11.3 Å². The van der Waals surface area contributed by atoms with Crippen LogP contribution in [0.5, 0.6) is 0 Å². The van der Waals surface area contributed by atoms with Crippen molar-refractivity contribution in [1.82, 2.24) is 5.32 Å². The van der Waals surface area contributed by atoms with Crippen molar-refractivity contribution in [2.75, 3.05) is 19.0 Å². The van der Waals surface area contributed by atoms with E-state index in [9.17, 15) is 14.4 Å². The van der Waals surface area contributed by atoms with Crippen molar-refractivity contribution in [2.24, 2.45) is 17.3 Å². The number of rotatable bonds is 6. The molecule has 0 aliphatic heterocycles. The van der Waals surface area contributed by atoms with Gasteiger partial charge >= 0.3 is 5.97 Å². The van der Waals surface area contributed by atoms with E-state index in [4.69, 9.17) is 0 Å². The number of carbonyl (C=O) groups is 3. The number of anilines is 1. The lowest BCUT2D eigenvalue weighted by atomic mass is 10.1. The molecule has 0 saturated heterocycles. The molecule has 1 aromatic rings. The second-order valence-corrected chi connectivity index (χ2v) is 7.39. The molecular formula is C20H26N2O4. The highest BCUT2D eigenvalue weighted by atomic mass is 16.5. The molecule has 0 unspecified atom stereocenters. The Kier molecular flexibility index (Phi) is 5.85. The van der Waals surface area contributed by atoms with Crippen LogP contribution in [0, 0.1) is 17.3 Å². The van der Waals surface area contributed by atoms with Gasteiger partial charge in [0.25, 0.3) is 5.91 Å². The van der Waals surface area contributed by atoms with Crippen molar-refractivity contribution in [3.63, 3.8) is 0 Å². The maximum absolute atomic E-state index is 12.5. The van der Waals surface area contributed by atoms with E-state index in [1.54, 1.807) is 24.3 Å². The third kappa shape index (κ3) is 4.50. The van der Waals surface area contributed by atoms with Crippen LogP contribution in [0.25, 0.3) is 0 Å². The normalized spacial score (nSPS) is 19.9. The number of hydrogen-bond donors (Lipinski definition) is 2. The molecule has 2 N–H and O–H groups in total. The maximum Gasteiger partial charge on any atom is 0.325 e. The number of carbonyl (C=O) groups excluding carboxylic acids is 3. The number of esters is 1. The fourth-order valence-corrected chi connectivity index (χ4v) is 3.10. The quantitative estimate of drug-likeness (QED) is 0.605. The Morgan fingerprint density at radius 2 is 1.77 bits per heavy atom. The summed E-state index contributed by atoms with van der Waals surface area (Å²) in [4.78, 5) is 35.5. The van der Waals surface area contributed by atoms with Crippen molar-refractivity contribution in [2.45, 2.75) is 27.7 Å². The van der Waals surface area contributed by atoms with Gasteiger partial charge in [-0.3, -0.25) is 14.4 Å². The van der Waals surface area contributed by atoms with Crippen LogP contribution < -0.4 is 10.6 Å². The molecule has 0 spiro atoms. The van der Waals surface area contributed by atoms with Crippen LogP contribution >= 0.6 is 0 Å². The Morgan fingerprint density at radius 3 is 2.31 bits per heavy atom. The molecule has 2 amide bonds. The maximum atomic E-state index is 12.5. The summed E-state index contributed by atoms with van der Waals surface area (Å²) >= 11 is 0. The Bertz CT molecular complexity index is 731. The van der Waals surface area contributed by atoms with Gasteiger partial charge in [0.2, 0.25) is 5.91 Å². The third-order valence-corrected chi connectivity index (χ3v) is 4.74. The predicted octanol–water partition coefficient (Wildman–Crippen LogP) is 2.77. The van der Waals surface area contributed by atoms with Gasteiger partial charge in [-0.15, -0.1) is 0 Å². The molecule has 1 aliphatic carbocycles. The number of ether oxygens (including phenoxy) is 1. The summed E-state index contributed by atoms with van der Waals surface area (Å²) in [5.41, 5.74) is 2.20. The molecule has 0 radical (unpaired) electrons. The lowest BCUT2D eigenvalue weighted by Crippen LogP contribution is -2.30. The largest absolute Gasteiger partial charge is 0.468 e. The van der Waals surface area contributed by atoms with E-state index >= 15 is 0 Å². The fourth-order valence-electron chi connectivity index (χ4n) is 3.10. The minimum absolute atomic E-state index is 0.0135. The van der Waals surface area contributed by atoms with Crippen LogP contribution in [0.4, 0.5) is 5.69 Å². The standard InChI is InChI=1S/C20H26N2O4/c1-12(2)10-15-17(20(15,3)4)19(25)22-14-8-6-13(7-9-14)18(24)21-11-16(23)26-5/h6-10,15,17H,11H2,1-5H3,(H,21,24)(H,22,25)/t15-,17+/m1/s1. The van der Waals surface area contributed by atoms with Gasteiger partial charge in [0, 0.05) is 11.3 Å². The Morgan fingerprint density at radius 1 is 1.15 bits per heavy atom. The number of nitrogens with one attached hydrogen (secondary N) is 2. The highest BCUT2D eigenvalue weighted by molar-refractivity contribution is 5.98. The van der Waals surface area contributed by atoms with Gasteiger partial charge in [0.15, 0.2) is 0 Å². The zero-order valence-electron chi connectivity index (χ0n) is 15.9. The first-order chi connectivity index (χ1) is 12.2. The second-order valence-electron chi connectivity index (χ2n) is 7.39.